The molecule has 0 bridgehead atoms. The second-order valence-corrected chi connectivity index (χ2v) is 8.18. The van der Waals surface area contributed by atoms with Gasteiger partial charge in [0.15, 0.2) is 5.65 Å². The molecule has 0 spiro atoms. The molecule has 3 heterocycles. The summed E-state index contributed by atoms with van der Waals surface area (Å²) in [5.74, 6) is 0.818. The van der Waals surface area contributed by atoms with Crippen LogP contribution in [0.25, 0.3) is 11.0 Å². The predicted octanol–water partition coefficient (Wildman–Crippen LogP) is 2.19. The Hall–Kier alpha value is -3.42. The maximum absolute atomic E-state index is 13.6. The molecule has 8 nitrogen and oxygen atoms in total. The Labute approximate surface area is 178 Å². The molecule has 1 N–H and O–H groups in total. The van der Waals surface area contributed by atoms with Gasteiger partial charge in [0, 0.05) is 31.2 Å². The Balaban J connectivity index is 1.63. The first-order chi connectivity index (χ1) is 15.0. The lowest BCUT2D eigenvalue weighted by molar-refractivity contribution is 0.0736. The summed E-state index contributed by atoms with van der Waals surface area (Å²) in [6.45, 7) is 3.18. The van der Waals surface area contributed by atoms with Crippen molar-refractivity contribution in [3.63, 3.8) is 0 Å². The van der Waals surface area contributed by atoms with Crippen molar-refractivity contribution in [1.82, 2.24) is 19.4 Å². The van der Waals surface area contributed by atoms with Crippen LogP contribution < -0.4 is 16.0 Å². The number of methoxy groups -OCH3 is 1. The third-order valence-electron chi connectivity index (χ3n) is 6.22. The molecule has 1 fully saturated rings. The fourth-order valence-electron chi connectivity index (χ4n) is 4.35. The van der Waals surface area contributed by atoms with E-state index < -0.39 is 11.2 Å². The Morgan fingerprint density at radius 3 is 2.74 bits per heavy atom. The lowest BCUT2D eigenvalue weighted by Gasteiger charge is -2.29. The number of carbonyl (C=O) groups excluding carboxylic acids is 1. The highest BCUT2D eigenvalue weighted by Gasteiger charge is 2.30. The maximum atomic E-state index is 13.6. The average molecular weight is 420 g/mol. The molecule has 2 aliphatic rings. The number of rotatable bonds is 4. The van der Waals surface area contributed by atoms with Crippen LogP contribution in [-0.2, 0) is 19.5 Å². The van der Waals surface area contributed by atoms with Crippen LogP contribution in [0, 0.1) is 0 Å². The standard InChI is InChI=1S/C23H24N4O4/c1-3-27-20-19(21(28)25-23(27)30)17(11-18(24-20)14-4-5-14)22(29)26-9-8-13-6-7-16(31-2)10-15(13)12-26/h6-7,10-11,14H,3-5,8-9,12H2,1-2H3,(H,25,28,30). The molecular formula is C23H24N4O4. The van der Waals surface area contributed by atoms with Gasteiger partial charge in [0.2, 0.25) is 0 Å². The third kappa shape index (κ3) is 3.32. The number of pyridine rings is 1. The minimum Gasteiger partial charge on any atom is -0.497 e. The topological polar surface area (TPSA) is 97.3 Å². The highest BCUT2D eigenvalue weighted by atomic mass is 16.5. The first kappa shape index (κ1) is 19.5. The normalized spacial score (nSPS) is 15.7. The van der Waals surface area contributed by atoms with E-state index in [0.717, 1.165) is 36.3 Å². The summed E-state index contributed by atoms with van der Waals surface area (Å²) in [4.78, 5) is 47.5. The molecule has 1 aliphatic carbocycles. The number of nitrogens with one attached hydrogen (secondary N) is 1. The molecular weight excluding hydrogens is 396 g/mol. The number of amides is 1. The second-order valence-electron chi connectivity index (χ2n) is 8.18. The van der Waals surface area contributed by atoms with Crippen LogP contribution in [0.5, 0.6) is 5.75 Å². The molecule has 0 atom stereocenters. The van der Waals surface area contributed by atoms with Crippen LogP contribution in [0.3, 0.4) is 0 Å². The SMILES string of the molecule is CCn1c(=O)[nH]c(=O)c2c(C(=O)N3CCc4ccc(OC)cc4C3)cc(C3CC3)nc21. The summed E-state index contributed by atoms with van der Waals surface area (Å²) in [6.07, 6.45) is 2.74. The van der Waals surface area contributed by atoms with Gasteiger partial charge in [-0.15, -0.1) is 0 Å². The first-order valence-electron chi connectivity index (χ1n) is 10.6. The van der Waals surface area contributed by atoms with Crippen LogP contribution in [-0.4, -0.2) is 39.0 Å². The van der Waals surface area contributed by atoms with E-state index in [1.54, 1.807) is 18.1 Å². The highest BCUT2D eigenvalue weighted by molar-refractivity contribution is 6.05. The van der Waals surface area contributed by atoms with Gasteiger partial charge in [-0.3, -0.25) is 19.1 Å². The molecule has 0 radical (unpaired) electrons. The van der Waals surface area contributed by atoms with E-state index in [1.165, 1.54) is 10.1 Å². The van der Waals surface area contributed by atoms with E-state index in [1.807, 2.05) is 25.1 Å². The van der Waals surface area contributed by atoms with Crippen LogP contribution in [0.1, 0.15) is 52.9 Å². The van der Waals surface area contributed by atoms with Gasteiger partial charge in [-0.05, 0) is 55.5 Å². The lowest BCUT2D eigenvalue weighted by atomic mass is 9.98. The van der Waals surface area contributed by atoms with Gasteiger partial charge in [-0.2, -0.15) is 0 Å². The Morgan fingerprint density at radius 2 is 2.03 bits per heavy atom. The molecule has 160 valence electrons. The number of H-pyrrole nitrogens is 1. The number of ether oxygens (including phenoxy) is 1. The summed E-state index contributed by atoms with van der Waals surface area (Å²) >= 11 is 0. The van der Waals surface area contributed by atoms with Gasteiger partial charge in [0.1, 0.15) is 5.75 Å². The quantitative estimate of drug-likeness (QED) is 0.698. The number of benzene rings is 1. The minimum atomic E-state index is -0.568. The van der Waals surface area contributed by atoms with Gasteiger partial charge in [0.25, 0.3) is 11.5 Å². The van der Waals surface area contributed by atoms with Crippen molar-refractivity contribution in [1.29, 1.82) is 0 Å². The minimum absolute atomic E-state index is 0.187. The van der Waals surface area contributed by atoms with E-state index in [2.05, 4.69) is 9.97 Å². The van der Waals surface area contributed by atoms with Crippen molar-refractivity contribution in [2.45, 2.75) is 45.2 Å². The maximum Gasteiger partial charge on any atom is 0.329 e. The average Bonchev–Trinajstić information content (AvgIpc) is 3.62. The van der Waals surface area contributed by atoms with Crippen LogP contribution >= 0.6 is 0 Å². The molecule has 1 aromatic carbocycles. The summed E-state index contributed by atoms with van der Waals surface area (Å²) in [5.41, 5.74) is 2.56. The first-order valence-corrected chi connectivity index (χ1v) is 10.6. The van der Waals surface area contributed by atoms with E-state index in [0.29, 0.717) is 30.8 Å². The molecule has 1 aliphatic heterocycles. The summed E-state index contributed by atoms with van der Waals surface area (Å²) < 4.78 is 6.76. The lowest BCUT2D eigenvalue weighted by Crippen LogP contribution is -2.38. The molecule has 0 saturated heterocycles. The van der Waals surface area contributed by atoms with Gasteiger partial charge < -0.3 is 9.64 Å². The predicted molar refractivity (Wildman–Crippen MR) is 116 cm³/mol. The number of aromatic nitrogens is 3. The van der Waals surface area contributed by atoms with E-state index in [-0.39, 0.29) is 17.2 Å². The zero-order chi connectivity index (χ0) is 21.7. The van der Waals surface area contributed by atoms with E-state index in [9.17, 15) is 14.4 Å². The highest BCUT2D eigenvalue weighted by Crippen LogP contribution is 2.40. The van der Waals surface area contributed by atoms with E-state index >= 15 is 0 Å². The number of hydrogen-bond donors (Lipinski definition) is 1. The molecule has 2 aromatic heterocycles. The van der Waals surface area contributed by atoms with Crippen LogP contribution in [0.2, 0.25) is 0 Å². The van der Waals surface area contributed by atoms with E-state index in [4.69, 9.17) is 4.74 Å². The molecule has 3 aromatic rings. The molecule has 1 saturated carbocycles. The van der Waals surface area contributed by atoms with Crippen LogP contribution in [0.4, 0.5) is 0 Å². The fourth-order valence-corrected chi connectivity index (χ4v) is 4.35. The van der Waals surface area contributed by atoms with Crippen molar-refractivity contribution >= 4 is 16.9 Å². The third-order valence-corrected chi connectivity index (χ3v) is 6.22. The largest absolute Gasteiger partial charge is 0.497 e. The summed E-state index contributed by atoms with van der Waals surface area (Å²) in [7, 11) is 1.62. The fraction of sp³-hybridized carbons (Fsp3) is 0.391. The van der Waals surface area contributed by atoms with Crippen molar-refractivity contribution < 1.29 is 9.53 Å². The zero-order valence-corrected chi connectivity index (χ0v) is 17.6. The molecule has 5 rings (SSSR count). The zero-order valence-electron chi connectivity index (χ0n) is 17.6. The number of hydrogen-bond acceptors (Lipinski definition) is 5. The summed E-state index contributed by atoms with van der Waals surface area (Å²) in [6, 6.07) is 7.67. The van der Waals surface area contributed by atoms with Gasteiger partial charge in [0.05, 0.1) is 18.1 Å². The molecule has 1 amide bonds. The number of aromatic amines is 1. The monoisotopic (exact) mass is 420 g/mol. The number of nitrogens with zero attached hydrogens (tertiary/aromatic N) is 3. The van der Waals surface area contributed by atoms with Crippen molar-refractivity contribution in [3.05, 3.63) is 67.5 Å². The molecule has 0 unspecified atom stereocenters. The second kappa shape index (κ2) is 7.37. The van der Waals surface area contributed by atoms with Crippen molar-refractivity contribution in [2.24, 2.45) is 0 Å². The summed E-state index contributed by atoms with van der Waals surface area (Å²) in [5, 5.41) is 0.187. The van der Waals surface area contributed by atoms with Crippen molar-refractivity contribution in [3.8, 4) is 5.75 Å². The molecule has 31 heavy (non-hydrogen) atoms. The number of aryl methyl sites for hydroxylation is 1. The Kier molecular flexibility index (Phi) is 4.64. The van der Waals surface area contributed by atoms with Crippen molar-refractivity contribution in [2.75, 3.05) is 13.7 Å². The number of fused-ring (bicyclic) bond motifs is 2. The number of carbonyl (C=O) groups is 1. The van der Waals surface area contributed by atoms with Crippen LogP contribution in [0.15, 0.2) is 33.9 Å². The smallest absolute Gasteiger partial charge is 0.329 e. The van der Waals surface area contributed by atoms with Gasteiger partial charge in [-0.25, -0.2) is 9.78 Å². The van der Waals surface area contributed by atoms with Gasteiger partial charge >= 0.3 is 5.69 Å². The Morgan fingerprint density at radius 1 is 1.23 bits per heavy atom. The Bertz CT molecular complexity index is 1320. The molecule has 8 heteroatoms. The van der Waals surface area contributed by atoms with Gasteiger partial charge in [-0.1, -0.05) is 6.07 Å².